The van der Waals surface area contributed by atoms with Crippen LogP contribution in [0.3, 0.4) is 0 Å². The molecule has 100 valence electrons. The van der Waals surface area contributed by atoms with Crippen LogP contribution >= 0.6 is 0 Å². The molecule has 1 amide bonds. The van der Waals surface area contributed by atoms with Crippen molar-refractivity contribution >= 4 is 5.91 Å². The number of hydrogen-bond donors (Lipinski definition) is 0. The minimum atomic E-state index is -4.52. The number of nitrogens with zero attached hydrogens (tertiary/aromatic N) is 4. The van der Waals surface area contributed by atoms with Gasteiger partial charge in [-0.1, -0.05) is 6.92 Å². The van der Waals surface area contributed by atoms with Crippen LogP contribution in [-0.2, 0) is 17.5 Å². The highest BCUT2D eigenvalue weighted by Gasteiger charge is 2.41. The molecule has 0 radical (unpaired) electrons. The van der Waals surface area contributed by atoms with Gasteiger partial charge in [0.1, 0.15) is 0 Å². The Hall–Kier alpha value is -1.60. The fourth-order valence-corrected chi connectivity index (χ4v) is 2.14. The van der Waals surface area contributed by atoms with Crippen LogP contribution < -0.4 is 0 Å². The highest BCUT2D eigenvalue weighted by molar-refractivity contribution is 5.75. The van der Waals surface area contributed by atoms with Crippen LogP contribution in [0.4, 0.5) is 13.2 Å². The van der Waals surface area contributed by atoms with Crippen molar-refractivity contribution in [1.82, 2.24) is 19.7 Å². The molecule has 1 aromatic heterocycles. The maximum atomic E-state index is 12.7. The summed E-state index contributed by atoms with van der Waals surface area (Å²) in [6.07, 6.45) is -4.19. The Labute approximate surface area is 102 Å². The Balaban J connectivity index is 2.35. The zero-order valence-corrected chi connectivity index (χ0v) is 10.0. The summed E-state index contributed by atoms with van der Waals surface area (Å²) in [5.74, 6) is -0.902. The van der Waals surface area contributed by atoms with Crippen molar-refractivity contribution in [3.8, 4) is 0 Å². The molecule has 0 bridgehead atoms. The van der Waals surface area contributed by atoms with Gasteiger partial charge in [-0.25, -0.2) is 0 Å². The molecule has 5 nitrogen and oxygen atoms in total. The molecule has 1 atom stereocenters. The van der Waals surface area contributed by atoms with Gasteiger partial charge >= 0.3 is 6.18 Å². The number of aromatic nitrogens is 3. The zero-order chi connectivity index (χ0) is 13.5. The predicted molar refractivity (Wildman–Crippen MR) is 55.4 cm³/mol. The molecule has 0 aliphatic carbocycles. The lowest BCUT2D eigenvalue weighted by molar-refractivity contribution is -0.149. The van der Waals surface area contributed by atoms with Gasteiger partial charge in [0, 0.05) is 13.0 Å². The average Bonchev–Trinajstić information content (AvgIpc) is 2.71. The molecular formula is C10H13F3N4O. The minimum Gasteiger partial charge on any atom is -0.333 e. The van der Waals surface area contributed by atoms with E-state index in [2.05, 4.69) is 10.2 Å². The van der Waals surface area contributed by atoms with Crippen LogP contribution in [0.2, 0.25) is 0 Å². The lowest BCUT2D eigenvalue weighted by Gasteiger charge is -2.32. The van der Waals surface area contributed by atoms with Gasteiger partial charge in [-0.05, 0) is 6.92 Å². The van der Waals surface area contributed by atoms with Crippen molar-refractivity contribution in [3.63, 3.8) is 0 Å². The number of halogens is 3. The summed E-state index contributed by atoms with van der Waals surface area (Å²) in [4.78, 5) is 13.1. The van der Waals surface area contributed by atoms with Crippen molar-refractivity contribution < 1.29 is 18.0 Å². The maximum Gasteiger partial charge on any atom is 0.451 e. The van der Waals surface area contributed by atoms with Gasteiger partial charge in [0.05, 0.1) is 12.6 Å². The molecule has 0 fully saturated rings. The Morgan fingerprint density at radius 2 is 2.11 bits per heavy atom. The number of alkyl halides is 3. The number of carbonyl (C=O) groups is 1. The smallest absolute Gasteiger partial charge is 0.333 e. The van der Waals surface area contributed by atoms with E-state index in [0.717, 1.165) is 4.57 Å². The van der Waals surface area contributed by atoms with E-state index >= 15 is 0 Å². The van der Waals surface area contributed by atoms with E-state index in [1.165, 1.54) is 4.90 Å². The normalized spacial score (nSPS) is 19.8. The molecule has 2 heterocycles. The summed E-state index contributed by atoms with van der Waals surface area (Å²) in [7, 11) is 0. The van der Waals surface area contributed by atoms with E-state index in [1.807, 2.05) is 0 Å². The first kappa shape index (κ1) is 12.8. The van der Waals surface area contributed by atoms with Crippen LogP contribution in [0.25, 0.3) is 0 Å². The van der Waals surface area contributed by atoms with Crippen molar-refractivity contribution in [1.29, 1.82) is 0 Å². The number of hydrogen-bond acceptors (Lipinski definition) is 3. The minimum absolute atomic E-state index is 0.0834. The number of amides is 1. The fourth-order valence-electron chi connectivity index (χ4n) is 2.14. The Bertz CT molecular complexity index is 468. The van der Waals surface area contributed by atoms with E-state index in [-0.39, 0.29) is 24.8 Å². The van der Waals surface area contributed by atoms with Crippen LogP contribution in [0.5, 0.6) is 0 Å². The molecule has 0 N–H and O–H groups in total. The van der Waals surface area contributed by atoms with E-state index in [1.54, 1.807) is 13.8 Å². The number of rotatable bonds is 1. The zero-order valence-electron chi connectivity index (χ0n) is 10.0. The summed E-state index contributed by atoms with van der Waals surface area (Å²) in [5.41, 5.74) is 0. The quantitative estimate of drug-likeness (QED) is 0.772. The molecule has 0 saturated carbocycles. The molecule has 0 spiro atoms. The highest BCUT2D eigenvalue weighted by Crippen LogP contribution is 2.32. The van der Waals surface area contributed by atoms with Gasteiger partial charge < -0.3 is 9.47 Å². The molecule has 1 aromatic rings. The van der Waals surface area contributed by atoms with Crippen molar-refractivity contribution in [2.75, 3.05) is 6.54 Å². The van der Waals surface area contributed by atoms with Crippen molar-refractivity contribution in [3.05, 3.63) is 11.6 Å². The molecule has 2 rings (SSSR count). The standard InChI is InChI=1S/C10H13F3N4O/c1-3-8(18)16-4-6(2)17-7(5-16)14-15-9(17)10(11,12)13/h6H,3-5H2,1-2H3. The van der Waals surface area contributed by atoms with Gasteiger partial charge in [-0.3, -0.25) is 4.79 Å². The first-order valence-electron chi connectivity index (χ1n) is 5.63. The van der Waals surface area contributed by atoms with E-state index in [9.17, 15) is 18.0 Å². The SMILES string of the molecule is CCC(=O)N1Cc2nnc(C(F)(F)F)n2C(C)C1. The Morgan fingerprint density at radius 3 is 2.67 bits per heavy atom. The second-order valence-corrected chi connectivity index (χ2v) is 4.28. The van der Waals surface area contributed by atoms with Gasteiger partial charge in [-0.2, -0.15) is 13.2 Å². The summed E-state index contributed by atoms with van der Waals surface area (Å²) in [5, 5.41) is 6.73. The third kappa shape index (κ3) is 2.06. The monoisotopic (exact) mass is 262 g/mol. The largest absolute Gasteiger partial charge is 0.451 e. The van der Waals surface area contributed by atoms with E-state index in [4.69, 9.17) is 0 Å². The van der Waals surface area contributed by atoms with Gasteiger partial charge in [0.2, 0.25) is 11.7 Å². The van der Waals surface area contributed by atoms with Gasteiger partial charge in [0.25, 0.3) is 0 Å². The Morgan fingerprint density at radius 1 is 1.44 bits per heavy atom. The molecule has 0 saturated heterocycles. The Kier molecular flexibility index (Phi) is 3.04. The van der Waals surface area contributed by atoms with E-state index < -0.39 is 18.0 Å². The van der Waals surface area contributed by atoms with Gasteiger partial charge in [0.15, 0.2) is 5.82 Å². The third-order valence-corrected chi connectivity index (χ3v) is 2.93. The molecular weight excluding hydrogens is 249 g/mol. The summed E-state index contributed by atoms with van der Waals surface area (Å²) >= 11 is 0. The first-order chi connectivity index (χ1) is 8.34. The van der Waals surface area contributed by atoms with Crippen LogP contribution in [0, 0.1) is 0 Å². The lowest BCUT2D eigenvalue weighted by Crippen LogP contribution is -2.41. The summed E-state index contributed by atoms with van der Waals surface area (Å²) in [6, 6.07) is -0.476. The summed E-state index contributed by atoms with van der Waals surface area (Å²) in [6.45, 7) is 3.67. The molecule has 0 aromatic carbocycles. The molecule has 1 aliphatic rings. The molecule has 18 heavy (non-hydrogen) atoms. The highest BCUT2D eigenvalue weighted by atomic mass is 19.4. The second kappa shape index (κ2) is 4.25. The number of carbonyl (C=O) groups excluding carboxylic acids is 1. The van der Waals surface area contributed by atoms with Crippen LogP contribution in [0.1, 0.15) is 38.0 Å². The molecule has 8 heteroatoms. The second-order valence-electron chi connectivity index (χ2n) is 4.28. The van der Waals surface area contributed by atoms with Crippen LogP contribution in [0.15, 0.2) is 0 Å². The van der Waals surface area contributed by atoms with Gasteiger partial charge in [-0.15, -0.1) is 10.2 Å². The number of fused-ring (bicyclic) bond motifs is 1. The topological polar surface area (TPSA) is 51.0 Å². The lowest BCUT2D eigenvalue weighted by atomic mass is 10.2. The maximum absolute atomic E-state index is 12.7. The first-order valence-corrected chi connectivity index (χ1v) is 5.63. The predicted octanol–water partition coefficient (Wildman–Crippen LogP) is 1.61. The molecule has 1 aliphatic heterocycles. The molecule has 1 unspecified atom stereocenters. The fraction of sp³-hybridized carbons (Fsp3) is 0.700. The van der Waals surface area contributed by atoms with Crippen LogP contribution in [-0.4, -0.2) is 32.1 Å². The average molecular weight is 262 g/mol. The van der Waals surface area contributed by atoms with Crippen molar-refractivity contribution in [2.45, 2.75) is 39.0 Å². The third-order valence-electron chi connectivity index (χ3n) is 2.93. The summed E-state index contributed by atoms with van der Waals surface area (Å²) < 4.78 is 39.2. The van der Waals surface area contributed by atoms with E-state index in [0.29, 0.717) is 6.42 Å². The van der Waals surface area contributed by atoms with Crippen molar-refractivity contribution in [2.24, 2.45) is 0 Å².